The number of ether oxygens (including phenoxy) is 2. The monoisotopic (exact) mass is 321 g/mol. The standard InChI is InChI=1S/C17H17ClFNO2/c1-11(12-2-5-14(19)6-3-12)21-16-7-4-13(18)8-17(16)22-15-9-20-10-15/h2-8,11,15,20H,9-10H2,1H3. The van der Waals surface area contributed by atoms with Gasteiger partial charge in [-0.25, -0.2) is 4.39 Å². The van der Waals surface area contributed by atoms with E-state index >= 15 is 0 Å². The minimum absolute atomic E-state index is 0.141. The van der Waals surface area contributed by atoms with Crippen molar-refractivity contribution >= 4 is 11.6 Å². The first-order chi connectivity index (χ1) is 10.6. The number of nitrogens with one attached hydrogen (secondary N) is 1. The normalized spacial score (nSPS) is 16.0. The van der Waals surface area contributed by atoms with E-state index in [-0.39, 0.29) is 18.0 Å². The molecular weight excluding hydrogens is 305 g/mol. The van der Waals surface area contributed by atoms with Crippen LogP contribution >= 0.6 is 11.6 Å². The zero-order chi connectivity index (χ0) is 15.5. The molecule has 1 N–H and O–H groups in total. The predicted molar refractivity (Wildman–Crippen MR) is 84.2 cm³/mol. The number of hydrogen-bond acceptors (Lipinski definition) is 3. The largest absolute Gasteiger partial charge is 0.484 e. The summed E-state index contributed by atoms with van der Waals surface area (Å²) in [6.07, 6.45) is -0.0782. The summed E-state index contributed by atoms with van der Waals surface area (Å²) in [5.41, 5.74) is 0.896. The average molecular weight is 322 g/mol. The Labute approximate surface area is 134 Å². The minimum atomic E-state index is -0.260. The summed E-state index contributed by atoms with van der Waals surface area (Å²) in [7, 11) is 0. The molecule has 0 radical (unpaired) electrons. The van der Waals surface area contributed by atoms with Crippen LogP contribution in [0, 0.1) is 5.82 Å². The molecule has 22 heavy (non-hydrogen) atoms. The Morgan fingerprint density at radius 2 is 1.86 bits per heavy atom. The number of rotatable bonds is 5. The van der Waals surface area contributed by atoms with Crippen LogP contribution < -0.4 is 14.8 Å². The highest BCUT2D eigenvalue weighted by Crippen LogP contribution is 2.34. The van der Waals surface area contributed by atoms with E-state index in [4.69, 9.17) is 21.1 Å². The van der Waals surface area contributed by atoms with Gasteiger partial charge in [0.05, 0.1) is 0 Å². The van der Waals surface area contributed by atoms with Crippen molar-refractivity contribution < 1.29 is 13.9 Å². The molecular formula is C17H17ClFNO2. The molecule has 2 aromatic rings. The average Bonchev–Trinajstić information content (AvgIpc) is 2.46. The molecule has 0 bridgehead atoms. The van der Waals surface area contributed by atoms with Gasteiger partial charge in [0, 0.05) is 24.2 Å². The molecule has 0 saturated carbocycles. The summed E-state index contributed by atoms with van der Waals surface area (Å²) in [4.78, 5) is 0. The molecule has 1 heterocycles. The van der Waals surface area contributed by atoms with Crippen molar-refractivity contribution in [3.8, 4) is 11.5 Å². The van der Waals surface area contributed by atoms with Crippen molar-refractivity contribution in [3.05, 3.63) is 58.9 Å². The van der Waals surface area contributed by atoms with Crippen molar-refractivity contribution in [3.63, 3.8) is 0 Å². The zero-order valence-corrected chi connectivity index (χ0v) is 12.9. The molecule has 0 spiro atoms. The van der Waals surface area contributed by atoms with Crippen LogP contribution in [0.4, 0.5) is 4.39 Å². The second-order valence-electron chi connectivity index (χ2n) is 5.30. The van der Waals surface area contributed by atoms with Crippen LogP contribution in [0.1, 0.15) is 18.6 Å². The van der Waals surface area contributed by atoms with Gasteiger partial charge in [0.25, 0.3) is 0 Å². The van der Waals surface area contributed by atoms with Crippen molar-refractivity contribution in [2.45, 2.75) is 19.1 Å². The lowest BCUT2D eigenvalue weighted by atomic mass is 10.1. The van der Waals surface area contributed by atoms with Gasteiger partial charge in [0.1, 0.15) is 18.0 Å². The van der Waals surface area contributed by atoms with Crippen LogP contribution in [0.15, 0.2) is 42.5 Å². The summed E-state index contributed by atoms with van der Waals surface area (Å²) in [5.74, 6) is 1.00. The number of benzene rings is 2. The third kappa shape index (κ3) is 3.51. The first kappa shape index (κ1) is 15.1. The van der Waals surface area contributed by atoms with Crippen molar-refractivity contribution in [2.24, 2.45) is 0 Å². The van der Waals surface area contributed by atoms with E-state index in [1.54, 1.807) is 30.3 Å². The summed E-state index contributed by atoms with van der Waals surface area (Å²) in [5, 5.41) is 3.75. The molecule has 0 aromatic heterocycles. The molecule has 2 aromatic carbocycles. The topological polar surface area (TPSA) is 30.5 Å². The molecule has 3 nitrogen and oxygen atoms in total. The Morgan fingerprint density at radius 1 is 1.14 bits per heavy atom. The van der Waals surface area contributed by atoms with Gasteiger partial charge in [0.2, 0.25) is 0 Å². The van der Waals surface area contributed by atoms with Gasteiger partial charge >= 0.3 is 0 Å². The quantitative estimate of drug-likeness (QED) is 0.904. The van der Waals surface area contributed by atoms with E-state index in [1.807, 2.05) is 6.92 Å². The molecule has 0 amide bonds. The SMILES string of the molecule is CC(Oc1ccc(Cl)cc1OC1CNC1)c1ccc(F)cc1. The van der Waals surface area contributed by atoms with E-state index in [9.17, 15) is 4.39 Å². The lowest BCUT2D eigenvalue weighted by Gasteiger charge is -2.29. The van der Waals surface area contributed by atoms with Gasteiger partial charge in [-0.3, -0.25) is 0 Å². The Bertz CT molecular complexity index is 644. The van der Waals surface area contributed by atoms with Crippen LogP contribution in [-0.2, 0) is 0 Å². The molecule has 1 aliphatic heterocycles. The van der Waals surface area contributed by atoms with Gasteiger partial charge in [0.15, 0.2) is 11.5 Å². The highest BCUT2D eigenvalue weighted by Gasteiger charge is 2.21. The highest BCUT2D eigenvalue weighted by atomic mass is 35.5. The van der Waals surface area contributed by atoms with Crippen molar-refractivity contribution in [1.29, 1.82) is 0 Å². The molecule has 3 rings (SSSR count). The van der Waals surface area contributed by atoms with E-state index in [2.05, 4.69) is 5.32 Å². The molecule has 1 atom stereocenters. The molecule has 1 saturated heterocycles. The molecule has 116 valence electrons. The fourth-order valence-electron chi connectivity index (χ4n) is 2.19. The van der Waals surface area contributed by atoms with Crippen LogP contribution in [0.25, 0.3) is 0 Å². The van der Waals surface area contributed by atoms with Gasteiger partial charge in [-0.15, -0.1) is 0 Å². The Hall–Kier alpha value is -1.78. The molecule has 0 aliphatic carbocycles. The van der Waals surface area contributed by atoms with E-state index in [0.717, 1.165) is 18.7 Å². The predicted octanol–water partition coefficient (Wildman–Crippen LogP) is 3.97. The fourth-order valence-corrected chi connectivity index (χ4v) is 2.35. The molecule has 1 fully saturated rings. The Kier molecular flexibility index (Phi) is 4.50. The maximum atomic E-state index is 13.0. The lowest BCUT2D eigenvalue weighted by molar-refractivity contribution is 0.129. The van der Waals surface area contributed by atoms with Crippen molar-refractivity contribution in [2.75, 3.05) is 13.1 Å². The molecule has 1 aliphatic rings. The summed E-state index contributed by atoms with van der Waals surface area (Å²) in [6, 6.07) is 11.6. The Morgan fingerprint density at radius 3 is 2.50 bits per heavy atom. The maximum absolute atomic E-state index is 13.0. The third-order valence-corrected chi connectivity index (χ3v) is 3.82. The number of halogens is 2. The van der Waals surface area contributed by atoms with Crippen LogP contribution in [-0.4, -0.2) is 19.2 Å². The highest BCUT2D eigenvalue weighted by molar-refractivity contribution is 6.30. The van der Waals surface area contributed by atoms with Gasteiger partial charge in [-0.2, -0.15) is 0 Å². The fraction of sp³-hybridized carbons (Fsp3) is 0.294. The summed E-state index contributed by atoms with van der Waals surface area (Å²) >= 11 is 6.04. The zero-order valence-electron chi connectivity index (χ0n) is 12.2. The molecule has 5 heteroatoms. The van der Waals surface area contributed by atoms with Crippen LogP contribution in [0.3, 0.4) is 0 Å². The van der Waals surface area contributed by atoms with Gasteiger partial charge in [-0.1, -0.05) is 23.7 Å². The van der Waals surface area contributed by atoms with Gasteiger partial charge < -0.3 is 14.8 Å². The first-order valence-electron chi connectivity index (χ1n) is 7.21. The van der Waals surface area contributed by atoms with E-state index in [1.165, 1.54) is 12.1 Å². The van der Waals surface area contributed by atoms with Gasteiger partial charge in [-0.05, 0) is 36.8 Å². The maximum Gasteiger partial charge on any atom is 0.163 e. The summed E-state index contributed by atoms with van der Waals surface area (Å²) in [6.45, 7) is 3.55. The van der Waals surface area contributed by atoms with Crippen LogP contribution in [0.5, 0.6) is 11.5 Å². The van der Waals surface area contributed by atoms with E-state index in [0.29, 0.717) is 16.5 Å². The number of hydrogen-bond donors (Lipinski definition) is 1. The van der Waals surface area contributed by atoms with Crippen molar-refractivity contribution in [1.82, 2.24) is 5.32 Å². The van der Waals surface area contributed by atoms with Crippen LogP contribution in [0.2, 0.25) is 5.02 Å². The third-order valence-electron chi connectivity index (χ3n) is 3.59. The second kappa shape index (κ2) is 6.55. The first-order valence-corrected chi connectivity index (χ1v) is 7.58. The minimum Gasteiger partial charge on any atom is -0.484 e. The molecule has 1 unspecified atom stereocenters. The second-order valence-corrected chi connectivity index (χ2v) is 5.74. The Balaban J connectivity index is 1.76. The summed E-state index contributed by atoms with van der Waals surface area (Å²) < 4.78 is 24.8. The van der Waals surface area contributed by atoms with E-state index < -0.39 is 0 Å². The smallest absolute Gasteiger partial charge is 0.163 e. The lowest BCUT2D eigenvalue weighted by Crippen LogP contribution is -2.50.